The molecule has 0 atom stereocenters. The minimum atomic E-state index is -0.0341. The van der Waals surface area contributed by atoms with Crippen LogP contribution in [0.15, 0.2) is 65.6 Å². The van der Waals surface area contributed by atoms with E-state index in [9.17, 15) is 5.11 Å². The number of rotatable bonds is 3. The molecule has 2 heteroatoms. The molecular weight excluding hydrogens is 294 g/mol. The van der Waals surface area contributed by atoms with Crippen LogP contribution in [0.5, 0.6) is 0 Å². The third-order valence-corrected chi connectivity index (χ3v) is 5.32. The zero-order chi connectivity index (χ0) is 17.5. The molecule has 1 aliphatic carbocycles. The van der Waals surface area contributed by atoms with Crippen molar-refractivity contribution in [3.05, 3.63) is 76.7 Å². The number of nitrogens with zero attached hydrogens (tertiary/aromatic N) is 1. The molecule has 0 bridgehead atoms. The summed E-state index contributed by atoms with van der Waals surface area (Å²) < 4.78 is 0. The van der Waals surface area contributed by atoms with E-state index < -0.39 is 0 Å². The summed E-state index contributed by atoms with van der Waals surface area (Å²) in [6.45, 7) is 13.6. The van der Waals surface area contributed by atoms with Gasteiger partial charge in [0.1, 0.15) is 5.76 Å². The van der Waals surface area contributed by atoms with Crippen molar-refractivity contribution in [2.45, 2.75) is 46.0 Å². The Kier molecular flexibility index (Phi) is 4.16. The lowest BCUT2D eigenvalue weighted by Gasteiger charge is -2.26. The van der Waals surface area contributed by atoms with Crippen LogP contribution in [0.3, 0.4) is 0 Å². The zero-order valence-corrected chi connectivity index (χ0v) is 15.2. The number of likely N-dealkylation sites (N-methyl/N-ethyl adjacent to an activating group) is 1. The summed E-state index contributed by atoms with van der Waals surface area (Å²) in [5.74, 6) is 0.411. The van der Waals surface area contributed by atoms with Crippen molar-refractivity contribution in [2.75, 3.05) is 11.4 Å². The highest BCUT2D eigenvalue weighted by molar-refractivity contribution is 5.71. The van der Waals surface area contributed by atoms with Crippen LogP contribution in [0, 0.1) is 6.92 Å². The van der Waals surface area contributed by atoms with Gasteiger partial charge >= 0.3 is 0 Å². The molecule has 0 saturated heterocycles. The normalized spacial score (nSPS) is 22.6. The molecule has 1 aliphatic heterocycles. The van der Waals surface area contributed by atoms with Gasteiger partial charge in [-0.3, -0.25) is 0 Å². The highest BCUT2D eigenvalue weighted by atomic mass is 16.3. The van der Waals surface area contributed by atoms with Crippen LogP contribution in [0.1, 0.15) is 44.7 Å². The van der Waals surface area contributed by atoms with E-state index in [1.165, 1.54) is 22.5 Å². The van der Waals surface area contributed by atoms with Crippen molar-refractivity contribution in [3.8, 4) is 0 Å². The van der Waals surface area contributed by atoms with Gasteiger partial charge in [-0.05, 0) is 55.5 Å². The number of allylic oxidation sites excluding steroid dienone is 6. The summed E-state index contributed by atoms with van der Waals surface area (Å²) in [5, 5.41) is 10.3. The minimum Gasteiger partial charge on any atom is -0.507 e. The van der Waals surface area contributed by atoms with Gasteiger partial charge in [-0.25, -0.2) is 0 Å². The second-order valence-corrected chi connectivity index (χ2v) is 7.21. The number of hydrogen-bond donors (Lipinski definition) is 1. The van der Waals surface area contributed by atoms with Gasteiger partial charge in [0.05, 0.1) is 0 Å². The maximum Gasteiger partial charge on any atom is 0.121 e. The molecule has 0 spiro atoms. The van der Waals surface area contributed by atoms with Crippen molar-refractivity contribution >= 4 is 5.69 Å². The summed E-state index contributed by atoms with van der Waals surface area (Å²) in [5.41, 5.74) is 7.20. The maximum absolute atomic E-state index is 10.3. The van der Waals surface area contributed by atoms with E-state index in [-0.39, 0.29) is 5.41 Å². The molecule has 0 saturated carbocycles. The van der Waals surface area contributed by atoms with Crippen LogP contribution in [0.2, 0.25) is 0 Å². The number of hydrogen-bond acceptors (Lipinski definition) is 2. The predicted molar refractivity (Wildman–Crippen MR) is 102 cm³/mol. The van der Waals surface area contributed by atoms with Gasteiger partial charge in [0.2, 0.25) is 0 Å². The molecule has 126 valence electrons. The van der Waals surface area contributed by atoms with Crippen molar-refractivity contribution in [3.63, 3.8) is 0 Å². The summed E-state index contributed by atoms with van der Waals surface area (Å²) in [6.07, 6.45) is 7.81. The molecule has 0 fully saturated rings. The van der Waals surface area contributed by atoms with Crippen LogP contribution in [-0.4, -0.2) is 11.7 Å². The molecule has 0 amide bonds. The van der Waals surface area contributed by atoms with Crippen LogP contribution in [0.4, 0.5) is 5.69 Å². The van der Waals surface area contributed by atoms with Crippen LogP contribution >= 0.6 is 0 Å². The fraction of sp³-hybridized carbons (Fsp3) is 0.364. The Morgan fingerprint density at radius 3 is 2.62 bits per heavy atom. The van der Waals surface area contributed by atoms with E-state index >= 15 is 0 Å². The fourth-order valence-electron chi connectivity index (χ4n) is 3.88. The van der Waals surface area contributed by atoms with Crippen LogP contribution in [-0.2, 0) is 5.41 Å². The Hall–Kier alpha value is -2.22. The lowest BCUT2D eigenvalue weighted by molar-refractivity contribution is 0.423. The molecular formula is C22H27NO. The summed E-state index contributed by atoms with van der Waals surface area (Å²) >= 11 is 0. The second kappa shape index (κ2) is 6.01. The number of fused-ring (bicyclic) bond motifs is 1. The molecule has 0 aromatic heterocycles. The number of benzene rings is 1. The standard InChI is InChI=1S/C22H27NO/c1-6-16-9-10-17(21(16)24)11-13-20-22(4,5)18-14-15(3)8-12-19(18)23(20)7-2/h6,8,11-14,24H,1,7,9-10H2,2-5H3/b17-11+,20-13+. The van der Waals surface area contributed by atoms with Crippen LogP contribution in [0.25, 0.3) is 0 Å². The smallest absolute Gasteiger partial charge is 0.121 e. The topological polar surface area (TPSA) is 23.5 Å². The Labute approximate surface area is 145 Å². The SMILES string of the molecule is C=CC1=C(O)/C(=C/C=C2/N(CC)c3ccc(C)cc3C2(C)C)CC1. The second-order valence-electron chi connectivity index (χ2n) is 7.21. The lowest BCUT2D eigenvalue weighted by Crippen LogP contribution is -2.25. The molecule has 0 radical (unpaired) electrons. The number of aliphatic hydroxyl groups is 1. The van der Waals surface area contributed by atoms with Crippen molar-refractivity contribution in [1.29, 1.82) is 0 Å². The quantitative estimate of drug-likeness (QED) is 0.770. The average Bonchev–Trinajstić information content (AvgIpc) is 3.00. The Morgan fingerprint density at radius 2 is 2.00 bits per heavy atom. The highest BCUT2D eigenvalue weighted by Crippen LogP contribution is 2.48. The largest absolute Gasteiger partial charge is 0.507 e. The van der Waals surface area contributed by atoms with Crippen LogP contribution < -0.4 is 4.90 Å². The Balaban J connectivity index is 2.05. The molecule has 3 rings (SSSR count). The van der Waals surface area contributed by atoms with E-state index in [0.717, 1.165) is 30.5 Å². The van der Waals surface area contributed by atoms with Crippen molar-refractivity contribution in [1.82, 2.24) is 0 Å². The van der Waals surface area contributed by atoms with Crippen molar-refractivity contribution < 1.29 is 5.11 Å². The first-order valence-corrected chi connectivity index (χ1v) is 8.75. The third-order valence-electron chi connectivity index (χ3n) is 5.32. The first-order valence-electron chi connectivity index (χ1n) is 8.75. The van der Waals surface area contributed by atoms with E-state index in [1.807, 2.05) is 0 Å². The van der Waals surface area contributed by atoms with Gasteiger partial charge in [0, 0.05) is 23.3 Å². The zero-order valence-electron chi connectivity index (χ0n) is 15.2. The molecule has 0 unspecified atom stereocenters. The highest BCUT2D eigenvalue weighted by Gasteiger charge is 2.39. The molecule has 1 N–H and O–H groups in total. The molecule has 1 aromatic rings. The average molecular weight is 321 g/mol. The Bertz CT molecular complexity index is 777. The Morgan fingerprint density at radius 1 is 1.25 bits per heavy atom. The minimum absolute atomic E-state index is 0.0341. The van der Waals surface area contributed by atoms with Crippen molar-refractivity contribution in [2.24, 2.45) is 0 Å². The van der Waals surface area contributed by atoms with E-state index in [2.05, 4.69) is 69.5 Å². The summed E-state index contributed by atoms with van der Waals surface area (Å²) in [4.78, 5) is 2.38. The molecule has 24 heavy (non-hydrogen) atoms. The fourth-order valence-corrected chi connectivity index (χ4v) is 3.88. The van der Waals surface area contributed by atoms with Gasteiger partial charge < -0.3 is 10.0 Å². The van der Waals surface area contributed by atoms with Gasteiger partial charge in [0.25, 0.3) is 0 Å². The first kappa shape index (κ1) is 16.6. The predicted octanol–water partition coefficient (Wildman–Crippen LogP) is 5.71. The molecule has 2 aliphatic rings. The first-order chi connectivity index (χ1) is 11.4. The van der Waals surface area contributed by atoms with Gasteiger partial charge in [-0.1, -0.05) is 50.3 Å². The summed E-state index contributed by atoms with van der Waals surface area (Å²) in [6, 6.07) is 6.71. The molecule has 2 nitrogen and oxygen atoms in total. The molecule has 1 heterocycles. The van der Waals surface area contributed by atoms with E-state index in [1.54, 1.807) is 6.08 Å². The lowest BCUT2D eigenvalue weighted by atomic mass is 9.83. The monoisotopic (exact) mass is 321 g/mol. The molecule has 1 aromatic carbocycles. The number of aliphatic hydroxyl groups excluding tert-OH is 1. The maximum atomic E-state index is 10.3. The number of anilines is 1. The van der Waals surface area contributed by atoms with Gasteiger partial charge in [-0.2, -0.15) is 0 Å². The van der Waals surface area contributed by atoms with Gasteiger partial charge in [0.15, 0.2) is 0 Å². The number of aryl methyl sites for hydroxylation is 1. The third kappa shape index (κ3) is 2.50. The van der Waals surface area contributed by atoms with E-state index in [0.29, 0.717) is 5.76 Å². The summed E-state index contributed by atoms with van der Waals surface area (Å²) in [7, 11) is 0. The van der Waals surface area contributed by atoms with Gasteiger partial charge in [-0.15, -0.1) is 0 Å². The van der Waals surface area contributed by atoms with E-state index in [4.69, 9.17) is 0 Å².